The standard InChI is InChI=1S/C14H19NO3/c1-14(2)10-15(7-12(9-17)18-14)13-6-4-3-5-11(13)8-16/h3-6,8,12,17H,7,9-10H2,1-2H3. The van der Waals surface area contributed by atoms with Crippen molar-refractivity contribution in [1.29, 1.82) is 0 Å². The van der Waals surface area contributed by atoms with Crippen molar-refractivity contribution in [2.75, 3.05) is 24.6 Å². The molecular weight excluding hydrogens is 230 g/mol. The van der Waals surface area contributed by atoms with Gasteiger partial charge in [0.25, 0.3) is 0 Å². The number of morpholine rings is 1. The number of ether oxygens (including phenoxy) is 1. The molecule has 0 amide bonds. The quantitative estimate of drug-likeness (QED) is 0.824. The molecule has 1 heterocycles. The smallest absolute Gasteiger partial charge is 0.152 e. The lowest BCUT2D eigenvalue weighted by Gasteiger charge is -2.43. The van der Waals surface area contributed by atoms with E-state index in [-0.39, 0.29) is 18.3 Å². The van der Waals surface area contributed by atoms with E-state index in [9.17, 15) is 9.90 Å². The van der Waals surface area contributed by atoms with E-state index in [2.05, 4.69) is 4.90 Å². The molecular formula is C14H19NO3. The number of para-hydroxylation sites is 1. The Bertz CT molecular complexity index is 431. The fraction of sp³-hybridized carbons (Fsp3) is 0.500. The molecule has 1 aromatic rings. The second kappa shape index (κ2) is 5.08. The first-order chi connectivity index (χ1) is 8.55. The molecule has 0 saturated carbocycles. The van der Waals surface area contributed by atoms with Crippen LogP contribution in [0, 0.1) is 0 Å². The molecule has 1 saturated heterocycles. The zero-order valence-corrected chi connectivity index (χ0v) is 10.8. The number of aliphatic hydroxyl groups excluding tert-OH is 1. The van der Waals surface area contributed by atoms with E-state index in [1.54, 1.807) is 6.07 Å². The van der Waals surface area contributed by atoms with Crippen LogP contribution in [0.25, 0.3) is 0 Å². The summed E-state index contributed by atoms with van der Waals surface area (Å²) in [5.74, 6) is 0. The van der Waals surface area contributed by atoms with Gasteiger partial charge in [-0.15, -0.1) is 0 Å². The number of aldehydes is 1. The molecule has 98 valence electrons. The first-order valence-corrected chi connectivity index (χ1v) is 6.13. The second-order valence-corrected chi connectivity index (χ2v) is 5.24. The van der Waals surface area contributed by atoms with Crippen LogP contribution in [0.15, 0.2) is 24.3 Å². The highest BCUT2D eigenvalue weighted by molar-refractivity contribution is 5.84. The Morgan fingerprint density at radius 1 is 1.50 bits per heavy atom. The van der Waals surface area contributed by atoms with Crippen molar-refractivity contribution < 1.29 is 14.6 Å². The van der Waals surface area contributed by atoms with Gasteiger partial charge in [-0.2, -0.15) is 0 Å². The topological polar surface area (TPSA) is 49.8 Å². The molecule has 1 aromatic carbocycles. The lowest BCUT2D eigenvalue weighted by molar-refractivity contribution is -0.101. The number of rotatable bonds is 3. The molecule has 1 aliphatic rings. The zero-order chi connectivity index (χ0) is 13.2. The number of nitrogens with zero attached hydrogens (tertiary/aromatic N) is 1. The number of hydrogen-bond donors (Lipinski definition) is 1. The second-order valence-electron chi connectivity index (χ2n) is 5.24. The van der Waals surface area contributed by atoms with Crippen molar-refractivity contribution in [3.05, 3.63) is 29.8 Å². The van der Waals surface area contributed by atoms with Gasteiger partial charge in [0, 0.05) is 24.3 Å². The summed E-state index contributed by atoms with van der Waals surface area (Å²) in [6, 6.07) is 7.50. The highest BCUT2D eigenvalue weighted by Gasteiger charge is 2.33. The zero-order valence-electron chi connectivity index (χ0n) is 10.8. The van der Waals surface area contributed by atoms with Crippen LogP contribution in [-0.4, -0.2) is 42.8 Å². The molecule has 0 aliphatic carbocycles. The van der Waals surface area contributed by atoms with Crippen LogP contribution in [0.2, 0.25) is 0 Å². The van der Waals surface area contributed by atoms with Crippen LogP contribution in [0.3, 0.4) is 0 Å². The van der Waals surface area contributed by atoms with Crippen molar-refractivity contribution in [2.45, 2.75) is 25.6 Å². The molecule has 4 heteroatoms. The van der Waals surface area contributed by atoms with Crippen LogP contribution < -0.4 is 4.90 Å². The maximum Gasteiger partial charge on any atom is 0.152 e. The summed E-state index contributed by atoms with van der Waals surface area (Å²) < 4.78 is 5.77. The molecule has 1 aliphatic heterocycles. The third kappa shape index (κ3) is 2.71. The van der Waals surface area contributed by atoms with Crippen LogP contribution in [0.4, 0.5) is 5.69 Å². The fourth-order valence-corrected chi connectivity index (χ4v) is 2.45. The normalized spacial score (nSPS) is 22.8. The minimum absolute atomic E-state index is 0.0107. The van der Waals surface area contributed by atoms with E-state index in [0.717, 1.165) is 12.0 Å². The van der Waals surface area contributed by atoms with E-state index in [1.807, 2.05) is 32.0 Å². The molecule has 0 radical (unpaired) electrons. The molecule has 4 nitrogen and oxygen atoms in total. The Labute approximate surface area is 107 Å². The lowest BCUT2D eigenvalue weighted by atomic mass is 10.0. The third-order valence-electron chi connectivity index (χ3n) is 3.09. The molecule has 1 N–H and O–H groups in total. The molecule has 0 aromatic heterocycles. The van der Waals surface area contributed by atoms with E-state index in [4.69, 9.17) is 4.74 Å². The SMILES string of the molecule is CC1(C)CN(c2ccccc2C=O)CC(CO)O1. The van der Waals surface area contributed by atoms with Crippen LogP contribution >= 0.6 is 0 Å². The Hall–Kier alpha value is -1.39. The van der Waals surface area contributed by atoms with Gasteiger partial charge in [-0.05, 0) is 26.0 Å². The van der Waals surface area contributed by atoms with Gasteiger partial charge in [0.1, 0.15) is 0 Å². The average Bonchev–Trinajstić information content (AvgIpc) is 2.36. The van der Waals surface area contributed by atoms with E-state index in [1.165, 1.54) is 0 Å². The van der Waals surface area contributed by atoms with Crippen LogP contribution in [0.1, 0.15) is 24.2 Å². The van der Waals surface area contributed by atoms with E-state index < -0.39 is 0 Å². The molecule has 1 unspecified atom stereocenters. The summed E-state index contributed by atoms with van der Waals surface area (Å²) in [7, 11) is 0. The van der Waals surface area contributed by atoms with Crippen molar-refractivity contribution in [1.82, 2.24) is 0 Å². The monoisotopic (exact) mass is 249 g/mol. The van der Waals surface area contributed by atoms with E-state index >= 15 is 0 Å². The average molecular weight is 249 g/mol. The minimum Gasteiger partial charge on any atom is -0.394 e. The Balaban J connectivity index is 2.29. The van der Waals surface area contributed by atoms with Gasteiger partial charge in [0.15, 0.2) is 6.29 Å². The minimum atomic E-state index is -0.332. The van der Waals surface area contributed by atoms with Gasteiger partial charge in [0.05, 0.1) is 18.3 Å². The summed E-state index contributed by atoms with van der Waals surface area (Å²) in [5, 5.41) is 9.29. The molecule has 1 atom stereocenters. The number of benzene rings is 1. The van der Waals surface area contributed by atoms with Crippen LogP contribution in [0.5, 0.6) is 0 Å². The highest BCUT2D eigenvalue weighted by Crippen LogP contribution is 2.27. The van der Waals surface area contributed by atoms with Gasteiger partial charge in [0.2, 0.25) is 0 Å². The summed E-state index contributed by atoms with van der Waals surface area (Å²) >= 11 is 0. The molecule has 2 rings (SSSR count). The van der Waals surface area contributed by atoms with E-state index in [0.29, 0.717) is 18.7 Å². The number of carbonyl (C=O) groups is 1. The summed E-state index contributed by atoms with van der Waals surface area (Å²) in [5.41, 5.74) is 1.25. The van der Waals surface area contributed by atoms with Crippen molar-refractivity contribution in [3.8, 4) is 0 Å². The van der Waals surface area contributed by atoms with Gasteiger partial charge >= 0.3 is 0 Å². The number of anilines is 1. The lowest BCUT2D eigenvalue weighted by Crippen LogP contribution is -2.54. The Morgan fingerprint density at radius 2 is 2.22 bits per heavy atom. The first kappa shape index (κ1) is 13.1. The number of carbonyl (C=O) groups excluding carboxylic acids is 1. The fourth-order valence-electron chi connectivity index (χ4n) is 2.45. The molecule has 18 heavy (non-hydrogen) atoms. The van der Waals surface area contributed by atoms with Crippen LogP contribution in [-0.2, 0) is 4.74 Å². The maximum absolute atomic E-state index is 11.1. The molecule has 0 bridgehead atoms. The van der Waals surface area contributed by atoms with Gasteiger partial charge < -0.3 is 14.7 Å². The predicted molar refractivity (Wildman–Crippen MR) is 70.1 cm³/mol. The number of hydrogen-bond acceptors (Lipinski definition) is 4. The Morgan fingerprint density at radius 3 is 2.89 bits per heavy atom. The summed E-state index contributed by atoms with van der Waals surface area (Å²) in [4.78, 5) is 13.2. The number of aliphatic hydroxyl groups is 1. The van der Waals surface area contributed by atoms with Crippen molar-refractivity contribution in [2.24, 2.45) is 0 Å². The summed E-state index contributed by atoms with van der Waals surface area (Å²) in [6.07, 6.45) is 0.652. The van der Waals surface area contributed by atoms with Gasteiger partial charge in [-0.25, -0.2) is 0 Å². The largest absolute Gasteiger partial charge is 0.394 e. The van der Waals surface area contributed by atoms with Crippen molar-refractivity contribution >= 4 is 12.0 Å². The van der Waals surface area contributed by atoms with Gasteiger partial charge in [-0.3, -0.25) is 4.79 Å². The third-order valence-corrected chi connectivity index (χ3v) is 3.09. The first-order valence-electron chi connectivity index (χ1n) is 6.13. The van der Waals surface area contributed by atoms with Crippen molar-refractivity contribution in [3.63, 3.8) is 0 Å². The molecule has 1 fully saturated rings. The maximum atomic E-state index is 11.1. The predicted octanol–water partition coefficient (Wildman–Crippen LogP) is 1.48. The Kier molecular flexibility index (Phi) is 3.68. The van der Waals surface area contributed by atoms with Gasteiger partial charge in [-0.1, -0.05) is 12.1 Å². The molecule has 0 spiro atoms. The summed E-state index contributed by atoms with van der Waals surface area (Å²) in [6.45, 7) is 5.28. The highest BCUT2D eigenvalue weighted by atomic mass is 16.5.